The fourth-order valence-corrected chi connectivity index (χ4v) is 4.90. The van der Waals surface area contributed by atoms with Crippen molar-refractivity contribution in [1.29, 1.82) is 0 Å². The van der Waals surface area contributed by atoms with Gasteiger partial charge in [-0.2, -0.15) is 0 Å². The van der Waals surface area contributed by atoms with E-state index in [1.54, 1.807) is 19.1 Å². The Morgan fingerprint density at radius 1 is 1.02 bits per heavy atom. The molecule has 43 heavy (non-hydrogen) atoms. The molecule has 13 heteroatoms. The Balaban J connectivity index is 0.00000184. The van der Waals surface area contributed by atoms with E-state index in [9.17, 15) is 14.4 Å². The van der Waals surface area contributed by atoms with E-state index in [2.05, 4.69) is 15.5 Å². The quantitative estimate of drug-likeness (QED) is 0.179. The number of H-pyrrole nitrogens is 1. The number of aryl methyl sites for hydroxylation is 1. The van der Waals surface area contributed by atoms with Crippen LogP contribution in [0, 0.1) is 6.92 Å². The molecular formula is C30H28CaN4O8. The molecule has 0 saturated heterocycles. The first-order chi connectivity index (χ1) is 20.4. The minimum atomic E-state index is -0.850. The van der Waals surface area contributed by atoms with E-state index in [0.717, 1.165) is 27.9 Å². The van der Waals surface area contributed by atoms with E-state index in [-0.39, 0.29) is 58.7 Å². The summed E-state index contributed by atoms with van der Waals surface area (Å²) >= 11 is 0. The second-order valence-electron chi connectivity index (χ2n) is 9.48. The maximum absolute atomic E-state index is 13.2. The van der Waals surface area contributed by atoms with Crippen molar-refractivity contribution in [3.05, 3.63) is 111 Å². The molecule has 1 atom stereocenters. The van der Waals surface area contributed by atoms with Crippen LogP contribution >= 0.6 is 0 Å². The summed E-state index contributed by atoms with van der Waals surface area (Å²) < 4.78 is 25.9. The smallest absolute Gasteiger partial charge is 1.00 e. The van der Waals surface area contributed by atoms with E-state index in [1.165, 1.54) is 0 Å². The van der Waals surface area contributed by atoms with E-state index in [1.807, 2.05) is 66.4 Å². The second-order valence-corrected chi connectivity index (χ2v) is 9.48. The first-order valence-corrected chi connectivity index (χ1v) is 13.2. The molecule has 0 fully saturated rings. The Kier molecular flexibility index (Phi) is 9.21. The zero-order valence-corrected chi connectivity index (χ0v) is 25.6. The number of aromatic amines is 1. The SMILES string of the molecule is CCOC1Nc2cccc(C(=O)OCc3oc(=O)oc3C)c2N1Cc1ccc(-c2ccccc2-c2noc(=O)[nH]2)cc1.[Ca+2].[H-].[H-]. The predicted octanol–water partition coefficient (Wildman–Crippen LogP) is 4.50. The van der Waals surface area contributed by atoms with Gasteiger partial charge in [0.15, 0.2) is 24.0 Å². The van der Waals surface area contributed by atoms with Crippen LogP contribution < -0.4 is 21.8 Å². The van der Waals surface area contributed by atoms with Crippen LogP contribution in [0.5, 0.6) is 0 Å². The van der Waals surface area contributed by atoms with Crippen molar-refractivity contribution >= 4 is 55.1 Å². The number of anilines is 2. The normalized spacial score (nSPS) is 13.7. The van der Waals surface area contributed by atoms with Gasteiger partial charge < -0.3 is 31.4 Å². The summed E-state index contributed by atoms with van der Waals surface area (Å²) in [5.41, 5.74) is 5.19. The molecule has 0 spiro atoms. The Hall–Kier alpha value is -4.10. The third-order valence-corrected chi connectivity index (χ3v) is 6.84. The van der Waals surface area contributed by atoms with Gasteiger partial charge in [-0.25, -0.2) is 14.4 Å². The first kappa shape index (κ1) is 30.4. The number of aromatic nitrogens is 2. The Labute approximate surface area is 277 Å². The Bertz CT molecular complexity index is 1870. The number of nitrogens with zero attached hydrogens (tertiary/aromatic N) is 2. The molecule has 1 unspecified atom stereocenters. The standard InChI is InChI=1S/C30H26N4O8.Ca.2H/c1-3-38-28-31-23-10-6-9-22(27(35)39-16-24-17(2)40-30(37)41-24)25(23)34(28)15-18-11-13-19(14-12-18)20-7-4-5-8-21(20)26-32-29(36)42-33-26;;;/h4-14,28,31H,3,15-16H2,1-2H3,(H,32,33,36);;;/q;+2;2*-1. The molecule has 0 amide bonds. The summed E-state index contributed by atoms with van der Waals surface area (Å²) in [6.07, 6.45) is -0.516. The van der Waals surface area contributed by atoms with Gasteiger partial charge in [-0.05, 0) is 42.7 Å². The fraction of sp³-hybridized carbons (Fsp3) is 0.200. The van der Waals surface area contributed by atoms with Crippen molar-refractivity contribution in [2.24, 2.45) is 0 Å². The number of hydrogen-bond acceptors (Lipinski definition) is 11. The third kappa shape index (κ3) is 6.32. The van der Waals surface area contributed by atoms with Crippen LogP contribution in [0.3, 0.4) is 0 Å². The van der Waals surface area contributed by atoms with E-state index < -0.39 is 23.9 Å². The van der Waals surface area contributed by atoms with Crippen molar-refractivity contribution in [3.63, 3.8) is 0 Å². The molecule has 1 aliphatic rings. The summed E-state index contributed by atoms with van der Waals surface area (Å²) in [4.78, 5) is 40.6. The summed E-state index contributed by atoms with van der Waals surface area (Å²) in [5, 5.41) is 7.16. The molecular weight excluding hydrogens is 584 g/mol. The monoisotopic (exact) mass is 612 g/mol. The van der Waals surface area contributed by atoms with Crippen molar-refractivity contribution in [2.45, 2.75) is 33.4 Å². The molecule has 3 heterocycles. The molecule has 0 radical (unpaired) electrons. The van der Waals surface area contributed by atoms with Gasteiger partial charge in [0.2, 0.25) is 6.35 Å². The summed E-state index contributed by atoms with van der Waals surface area (Å²) in [7, 11) is 0. The van der Waals surface area contributed by atoms with Gasteiger partial charge in [0.25, 0.3) is 0 Å². The van der Waals surface area contributed by atoms with E-state index in [4.69, 9.17) is 22.8 Å². The van der Waals surface area contributed by atoms with Crippen LogP contribution in [0.1, 0.15) is 37.2 Å². The predicted molar refractivity (Wildman–Crippen MR) is 159 cm³/mol. The number of esters is 1. The van der Waals surface area contributed by atoms with Crippen LogP contribution in [0.15, 0.2) is 89.7 Å². The van der Waals surface area contributed by atoms with Gasteiger partial charge >= 0.3 is 55.3 Å². The van der Waals surface area contributed by atoms with Crippen molar-refractivity contribution < 1.29 is 30.5 Å². The van der Waals surface area contributed by atoms with Gasteiger partial charge in [0, 0.05) is 18.7 Å². The maximum atomic E-state index is 13.2. The van der Waals surface area contributed by atoms with E-state index >= 15 is 0 Å². The topological polar surface area (TPSA) is 153 Å². The summed E-state index contributed by atoms with van der Waals surface area (Å²) in [5.74, 6) is -1.30. The largest absolute Gasteiger partial charge is 2.00 e. The van der Waals surface area contributed by atoms with Crippen molar-refractivity contribution in [3.8, 4) is 22.5 Å². The van der Waals surface area contributed by atoms with Crippen LogP contribution in [-0.2, 0) is 22.6 Å². The number of rotatable bonds is 9. The molecule has 0 saturated carbocycles. The first-order valence-electron chi connectivity index (χ1n) is 13.2. The number of fused-ring (bicyclic) bond motifs is 1. The molecule has 5 aromatic rings. The van der Waals surface area contributed by atoms with Crippen LogP contribution in [-0.4, -0.2) is 66.8 Å². The average Bonchev–Trinajstić information content (AvgIpc) is 3.68. The number of ether oxygens (including phenoxy) is 2. The van der Waals surface area contributed by atoms with Gasteiger partial charge in [-0.15, -0.1) is 0 Å². The van der Waals surface area contributed by atoms with Crippen LogP contribution in [0.25, 0.3) is 22.5 Å². The summed E-state index contributed by atoms with van der Waals surface area (Å²) in [6, 6.07) is 20.8. The molecule has 2 aromatic heterocycles. The fourth-order valence-electron chi connectivity index (χ4n) is 4.90. The minimum Gasteiger partial charge on any atom is -1.00 e. The zero-order valence-electron chi connectivity index (χ0n) is 25.4. The van der Waals surface area contributed by atoms with Crippen molar-refractivity contribution in [2.75, 3.05) is 16.8 Å². The van der Waals surface area contributed by atoms with E-state index in [0.29, 0.717) is 30.2 Å². The zero-order chi connectivity index (χ0) is 29.2. The second kappa shape index (κ2) is 13.0. The van der Waals surface area contributed by atoms with Gasteiger partial charge in [-0.1, -0.05) is 59.8 Å². The van der Waals surface area contributed by atoms with Crippen LogP contribution in [0.2, 0.25) is 0 Å². The minimum absolute atomic E-state index is 0. The molecule has 6 rings (SSSR count). The molecule has 0 bridgehead atoms. The Morgan fingerprint density at radius 2 is 1.79 bits per heavy atom. The molecule has 0 aliphatic carbocycles. The number of nitrogens with one attached hydrogen (secondary N) is 2. The van der Waals surface area contributed by atoms with Crippen molar-refractivity contribution in [1.82, 2.24) is 10.1 Å². The molecule has 3 aromatic carbocycles. The number of carbonyl (C=O) groups is 1. The number of para-hydroxylation sites is 1. The number of carbonyl (C=O) groups excluding carboxylic acids is 1. The molecule has 218 valence electrons. The van der Waals surface area contributed by atoms with Gasteiger partial charge in [-0.3, -0.25) is 9.51 Å². The third-order valence-electron chi connectivity index (χ3n) is 6.84. The number of benzene rings is 3. The molecule has 12 nitrogen and oxygen atoms in total. The van der Waals surface area contributed by atoms with Gasteiger partial charge in [0.1, 0.15) is 0 Å². The molecule has 2 N–H and O–H groups in total. The maximum Gasteiger partial charge on any atom is 2.00 e. The number of hydrogen-bond donors (Lipinski definition) is 2. The van der Waals surface area contributed by atoms with Gasteiger partial charge in [0.05, 0.1) is 16.9 Å². The van der Waals surface area contributed by atoms with Crippen LogP contribution in [0.4, 0.5) is 11.4 Å². The Morgan fingerprint density at radius 3 is 2.47 bits per heavy atom. The average molecular weight is 613 g/mol. The molecule has 1 aliphatic heterocycles. The summed E-state index contributed by atoms with van der Waals surface area (Å²) in [6.45, 7) is 4.08.